The van der Waals surface area contributed by atoms with E-state index in [4.69, 9.17) is 5.11 Å². The summed E-state index contributed by atoms with van der Waals surface area (Å²) in [6.45, 7) is 4.02. The Balaban J connectivity index is 3.74. The van der Waals surface area contributed by atoms with Crippen LogP contribution in [0.5, 0.6) is 0 Å². The van der Waals surface area contributed by atoms with Crippen LogP contribution < -0.4 is 0 Å². The molecule has 1 N–H and O–H groups in total. The highest BCUT2D eigenvalue weighted by Gasteiger charge is 2.27. The number of aliphatic carboxylic acids is 1. The number of alkyl halides is 3. The molecule has 114 valence electrons. The maximum atomic E-state index is 11.8. The standard InChI is InChI=1S/C12H22F3NO3/c1-10(2)16(6-3-5-11(17)18)7-4-8-19-9-12(13,14)15/h10H,3-9H2,1-2H3,(H,17,18). The third kappa shape index (κ3) is 12.0. The maximum Gasteiger partial charge on any atom is 0.411 e. The first-order valence-electron chi connectivity index (χ1n) is 6.32. The lowest BCUT2D eigenvalue weighted by atomic mass is 10.2. The van der Waals surface area contributed by atoms with E-state index in [2.05, 4.69) is 4.74 Å². The van der Waals surface area contributed by atoms with Gasteiger partial charge in [-0.15, -0.1) is 0 Å². The molecule has 7 heteroatoms. The fraction of sp³-hybridized carbons (Fsp3) is 0.917. The topological polar surface area (TPSA) is 49.8 Å². The third-order valence-corrected chi connectivity index (χ3v) is 2.57. The minimum absolute atomic E-state index is 0.0572. The predicted octanol–water partition coefficient (Wildman–Crippen LogP) is 2.53. The van der Waals surface area contributed by atoms with Gasteiger partial charge in [0, 0.05) is 25.6 Å². The molecule has 0 heterocycles. The number of hydrogen-bond donors (Lipinski definition) is 1. The molecule has 0 bridgehead atoms. The van der Waals surface area contributed by atoms with Crippen molar-refractivity contribution in [1.29, 1.82) is 0 Å². The second kappa shape index (κ2) is 9.14. The average Bonchev–Trinajstić information content (AvgIpc) is 2.23. The van der Waals surface area contributed by atoms with E-state index in [1.54, 1.807) is 0 Å². The number of ether oxygens (including phenoxy) is 1. The first-order valence-corrected chi connectivity index (χ1v) is 6.32. The number of halogens is 3. The summed E-state index contributed by atoms with van der Waals surface area (Å²) in [6.07, 6.45) is -3.13. The molecule has 0 aromatic carbocycles. The van der Waals surface area contributed by atoms with Crippen LogP contribution >= 0.6 is 0 Å². The zero-order valence-electron chi connectivity index (χ0n) is 11.4. The Labute approximate surface area is 111 Å². The second-order valence-electron chi connectivity index (χ2n) is 4.65. The van der Waals surface area contributed by atoms with E-state index in [0.29, 0.717) is 25.9 Å². The highest BCUT2D eigenvalue weighted by Crippen LogP contribution is 2.14. The summed E-state index contributed by atoms with van der Waals surface area (Å²) in [4.78, 5) is 12.4. The number of rotatable bonds is 10. The molecule has 0 rings (SSSR count). The van der Waals surface area contributed by atoms with Crippen LogP contribution in [0.25, 0.3) is 0 Å². The molecule has 0 saturated carbocycles. The molecular weight excluding hydrogens is 263 g/mol. The number of hydrogen-bond acceptors (Lipinski definition) is 3. The molecule has 0 aromatic heterocycles. The molecule has 0 fully saturated rings. The molecule has 0 aliphatic rings. The fourth-order valence-electron chi connectivity index (χ4n) is 1.62. The summed E-state index contributed by atoms with van der Waals surface area (Å²) in [5, 5.41) is 8.54. The van der Waals surface area contributed by atoms with Gasteiger partial charge in [-0.1, -0.05) is 0 Å². The SMILES string of the molecule is CC(C)N(CCCOCC(F)(F)F)CCCC(=O)O. The summed E-state index contributed by atoms with van der Waals surface area (Å²) in [5.74, 6) is -0.836. The Kier molecular flexibility index (Phi) is 8.75. The van der Waals surface area contributed by atoms with Gasteiger partial charge in [0.25, 0.3) is 0 Å². The van der Waals surface area contributed by atoms with Gasteiger partial charge in [-0.05, 0) is 33.2 Å². The van der Waals surface area contributed by atoms with Crippen molar-refractivity contribution in [2.24, 2.45) is 0 Å². The molecule has 4 nitrogen and oxygen atoms in total. The first kappa shape index (κ1) is 18.2. The van der Waals surface area contributed by atoms with Crippen molar-refractivity contribution in [3.63, 3.8) is 0 Å². The van der Waals surface area contributed by atoms with E-state index in [1.165, 1.54) is 0 Å². The largest absolute Gasteiger partial charge is 0.481 e. The molecule has 0 unspecified atom stereocenters. The Morgan fingerprint density at radius 1 is 1.26 bits per heavy atom. The fourth-order valence-corrected chi connectivity index (χ4v) is 1.62. The second-order valence-corrected chi connectivity index (χ2v) is 4.65. The Morgan fingerprint density at radius 2 is 1.84 bits per heavy atom. The van der Waals surface area contributed by atoms with Gasteiger partial charge in [0.15, 0.2) is 0 Å². The van der Waals surface area contributed by atoms with Crippen LogP contribution in [-0.2, 0) is 9.53 Å². The third-order valence-electron chi connectivity index (χ3n) is 2.57. The number of carboxylic acid groups (broad SMARTS) is 1. The van der Waals surface area contributed by atoms with E-state index >= 15 is 0 Å². The van der Waals surface area contributed by atoms with Crippen LogP contribution in [0.3, 0.4) is 0 Å². The minimum Gasteiger partial charge on any atom is -0.481 e. The molecule has 0 aliphatic carbocycles. The van der Waals surface area contributed by atoms with Gasteiger partial charge < -0.3 is 14.7 Å². The van der Waals surface area contributed by atoms with Gasteiger partial charge in [-0.2, -0.15) is 13.2 Å². The lowest BCUT2D eigenvalue weighted by Gasteiger charge is -2.26. The summed E-state index contributed by atoms with van der Waals surface area (Å²) in [7, 11) is 0. The van der Waals surface area contributed by atoms with Crippen molar-refractivity contribution in [2.75, 3.05) is 26.3 Å². The number of carboxylic acids is 1. The molecule has 0 atom stereocenters. The monoisotopic (exact) mass is 285 g/mol. The van der Waals surface area contributed by atoms with Crippen molar-refractivity contribution in [2.45, 2.75) is 45.3 Å². The van der Waals surface area contributed by atoms with Gasteiger partial charge in [-0.25, -0.2) is 0 Å². The predicted molar refractivity (Wildman–Crippen MR) is 65.1 cm³/mol. The quantitative estimate of drug-likeness (QED) is 0.627. The van der Waals surface area contributed by atoms with Crippen LogP contribution in [0.15, 0.2) is 0 Å². The Bertz CT molecular complexity index is 257. The lowest BCUT2D eigenvalue weighted by Crippen LogP contribution is -2.33. The van der Waals surface area contributed by atoms with Gasteiger partial charge in [0.05, 0.1) is 0 Å². The van der Waals surface area contributed by atoms with Crippen molar-refractivity contribution in [1.82, 2.24) is 4.90 Å². The average molecular weight is 285 g/mol. The molecule has 0 spiro atoms. The maximum absolute atomic E-state index is 11.8. The number of carbonyl (C=O) groups is 1. The van der Waals surface area contributed by atoms with Gasteiger partial charge >= 0.3 is 12.1 Å². The highest BCUT2D eigenvalue weighted by atomic mass is 19.4. The van der Waals surface area contributed by atoms with Crippen molar-refractivity contribution >= 4 is 5.97 Å². The van der Waals surface area contributed by atoms with Gasteiger partial charge in [0.2, 0.25) is 0 Å². The zero-order chi connectivity index (χ0) is 14.9. The van der Waals surface area contributed by atoms with E-state index in [0.717, 1.165) is 0 Å². The molecule has 0 amide bonds. The van der Waals surface area contributed by atoms with Gasteiger partial charge in [0.1, 0.15) is 6.61 Å². The van der Waals surface area contributed by atoms with E-state index in [-0.39, 0.29) is 19.1 Å². The van der Waals surface area contributed by atoms with E-state index in [9.17, 15) is 18.0 Å². The zero-order valence-corrected chi connectivity index (χ0v) is 11.4. The molecule has 0 radical (unpaired) electrons. The van der Waals surface area contributed by atoms with Crippen LogP contribution in [0.2, 0.25) is 0 Å². The number of nitrogens with zero attached hydrogens (tertiary/aromatic N) is 1. The molecule has 0 saturated heterocycles. The van der Waals surface area contributed by atoms with E-state index < -0.39 is 18.8 Å². The van der Waals surface area contributed by atoms with E-state index in [1.807, 2.05) is 18.7 Å². The van der Waals surface area contributed by atoms with Gasteiger partial charge in [-0.3, -0.25) is 4.79 Å². The highest BCUT2D eigenvalue weighted by molar-refractivity contribution is 5.66. The van der Waals surface area contributed by atoms with Crippen LogP contribution in [0.1, 0.15) is 33.1 Å². The van der Waals surface area contributed by atoms with Crippen LogP contribution in [0, 0.1) is 0 Å². The molecule has 19 heavy (non-hydrogen) atoms. The Morgan fingerprint density at radius 3 is 2.32 bits per heavy atom. The van der Waals surface area contributed by atoms with Crippen molar-refractivity contribution in [3.05, 3.63) is 0 Å². The van der Waals surface area contributed by atoms with Crippen molar-refractivity contribution < 1.29 is 27.8 Å². The minimum atomic E-state index is -4.28. The Hall–Kier alpha value is -0.820. The normalized spacial score (nSPS) is 12.4. The molecule has 0 aliphatic heterocycles. The molecule has 0 aromatic rings. The first-order chi connectivity index (χ1) is 8.72. The van der Waals surface area contributed by atoms with Crippen LogP contribution in [-0.4, -0.2) is 54.5 Å². The van der Waals surface area contributed by atoms with Crippen LogP contribution in [0.4, 0.5) is 13.2 Å². The lowest BCUT2D eigenvalue weighted by molar-refractivity contribution is -0.174. The smallest absolute Gasteiger partial charge is 0.411 e. The summed E-state index contributed by atoms with van der Waals surface area (Å²) in [6, 6.07) is 0.233. The summed E-state index contributed by atoms with van der Waals surface area (Å²) in [5.41, 5.74) is 0. The summed E-state index contributed by atoms with van der Waals surface area (Å²) >= 11 is 0. The van der Waals surface area contributed by atoms with Crippen molar-refractivity contribution in [3.8, 4) is 0 Å². The summed E-state index contributed by atoms with van der Waals surface area (Å²) < 4.78 is 40.0. The molecular formula is C12H22F3NO3.